The summed E-state index contributed by atoms with van der Waals surface area (Å²) in [5, 5.41) is 8.96. The van der Waals surface area contributed by atoms with Crippen LogP contribution in [0.15, 0.2) is 22.7 Å². The lowest BCUT2D eigenvalue weighted by Gasteiger charge is -2.21. The highest BCUT2D eigenvalue weighted by Gasteiger charge is 2.20. The number of amides is 1. The Hall–Kier alpha value is -0.980. The monoisotopic (exact) mass is 344 g/mol. The van der Waals surface area contributed by atoms with Gasteiger partial charge in [0.15, 0.2) is 0 Å². The van der Waals surface area contributed by atoms with Crippen molar-refractivity contribution in [1.29, 1.82) is 0 Å². The number of carbonyl (C=O) groups excluding carboxylic acids is 1. The van der Waals surface area contributed by atoms with E-state index in [9.17, 15) is 9.18 Å². The van der Waals surface area contributed by atoms with Crippen LogP contribution in [-0.4, -0.2) is 60.1 Å². The van der Waals surface area contributed by atoms with Gasteiger partial charge < -0.3 is 10.0 Å². The highest BCUT2D eigenvalue weighted by molar-refractivity contribution is 9.10. The van der Waals surface area contributed by atoms with Gasteiger partial charge >= 0.3 is 0 Å². The largest absolute Gasteiger partial charge is 0.395 e. The predicted octanol–water partition coefficient (Wildman–Crippen LogP) is 1.73. The normalized spacial score (nSPS) is 17.1. The number of aliphatic hydroxyl groups excluding tert-OH is 1. The van der Waals surface area contributed by atoms with Crippen LogP contribution in [0.1, 0.15) is 16.8 Å². The third-order valence-electron chi connectivity index (χ3n) is 3.46. The van der Waals surface area contributed by atoms with Gasteiger partial charge in [-0.15, -0.1) is 0 Å². The summed E-state index contributed by atoms with van der Waals surface area (Å²) in [6, 6.07) is 4.33. The summed E-state index contributed by atoms with van der Waals surface area (Å²) in [4.78, 5) is 16.3. The van der Waals surface area contributed by atoms with Gasteiger partial charge in [-0.05, 0) is 47.1 Å². The Morgan fingerprint density at radius 2 is 2.10 bits per heavy atom. The summed E-state index contributed by atoms with van der Waals surface area (Å²) in [6.07, 6.45) is 0.883. The minimum atomic E-state index is -0.369. The maximum atomic E-state index is 13.2. The first-order valence-corrected chi connectivity index (χ1v) is 7.48. The van der Waals surface area contributed by atoms with E-state index in [1.807, 2.05) is 0 Å². The van der Waals surface area contributed by atoms with Gasteiger partial charge in [0.2, 0.25) is 0 Å². The van der Waals surface area contributed by atoms with Crippen LogP contribution >= 0.6 is 15.9 Å². The lowest BCUT2D eigenvalue weighted by atomic mass is 10.2. The van der Waals surface area contributed by atoms with E-state index in [0.717, 1.165) is 19.5 Å². The third-order valence-corrected chi connectivity index (χ3v) is 4.07. The number of hydrogen-bond donors (Lipinski definition) is 1. The molecular formula is C14H18BrFN2O2. The topological polar surface area (TPSA) is 43.8 Å². The molecule has 0 saturated carbocycles. The number of halogens is 2. The van der Waals surface area contributed by atoms with Crippen molar-refractivity contribution in [2.45, 2.75) is 6.42 Å². The van der Waals surface area contributed by atoms with Crippen LogP contribution in [0.3, 0.4) is 0 Å². The molecule has 1 saturated heterocycles. The van der Waals surface area contributed by atoms with Gasteiger partial charge in [-0.1, -0.05) is 0 Å². The van der Waals surface area contributed by atoms with E-state index < -0.39 is 0 Å². The SMILES string of the molecule is O=C(c1ccc(F)c(Br)c1)N1CCCN(CCO)CC1. The van der Waals surface area contributed by atoms with E-state index in [1.54, 1.807) is 4.90 Å². The summed E-state index contributed by atoms with van der Waals surface area (Å²) in [6.45, 7) is 3.75. The minimum Gasteiger partial charge on any atom is -0.395 e. The summed E-state index contributed by atoms with van der Waals surface area (Å²) in [5.41, 5.74) is 0.494. The first-order chi connectivity index (χ1) is 9.61. The molecule has 0 atom stereocenters. The molecule has 1 amide bonds. The van der Waals surface area contributed by atoms with Crippen molar-refractivity contribution in [3.8, 4) is 0 Å². The number of carbonyl (C=O) groups is 1. The number of aliphatic hydroxyl groups is 1. The quantitative estimate of drug-likeness (QED) is 0.908. The van der Waals surface area contributed by atoms with Gasteiger partial charge in [-0.3, -0.25) is 9.69 Å². The van der Waals surface area contributed by atoms with E-state index >= 15 is 0 Å². The zero-order chi connectivity index (χ0) is 14.5. The molecule has 1 aromatic carbocycles. The first-order valence-electron chi connectivity index (χ1n) is 6.69. The van der Waals surface area contributed by atoms with Crippen molar-refractivity contribution >= 4 is 21.8 Å². The second-order valence-electron chi connectivity index (χ2n) is 4.84. The van der Waals surface area contributed by atoms with Gasteiger partial charge in [-0.25, -0.2) is 4.39 Å². The minimum absolute atomic E-state index is 0.0726. The van der Waals surface area contributed by atoms with Crippen LogP contribution in [0.2, 0.25) is 0 Å². The van der Waals surface area contributed by atoms with Crippen LogP contribution in [0.25, 0.3) is 0 Å². The lowest BCUT2D eigenvalue weighted by Crippen LogP contribution is -2.35. The number of hydrogen-bond acceptors (Lipinski definition) is 3. The molecule has 0 radical (unpaired) electrons. The van der Waals surface area contributed by atoms with Crippen LogP contribution in [0, 0.1) is 5.82 Å². The Balaban J connectivity index is 2.03. The van der Waals surface area contributed by atoms with Crippen molar-refractivity contribution in [2.75, 3.05) is 39.3 Å². The number of nitrogens with zero attached hydrogens (tertiary/aromatic N) is 2. The zero-order valence-corrected chi connectivity index (χ0v) is 12.8. The molecule has 6 heteroatoms. The summed E-state index contributed by atoms with van der Waals surface area (Å²) in [5.74, 6) is -0.442. The van der Waals surface area contributed by atoms with Crippen LogP contribution in [0.4, 0.5) is 4.39 Å². The first kappa shape index (κ1) is 15.4. The van der Waals surface area contributed by atoms with Crippen LogP contribution in [-0.2, 0) is 0 Å². The highest BCUT2D eigenvalue weighted by atomic mass is 79.9. The second kappa shape index (κ2) is 7.15. The average Bonchev–Trinajstić information content (AvgIpc) is 2.67. The van der Waals surface area contributed by atoms with E-state index in [1.165, 1.54) is 18.2 Å². The number of β-amino-alcohol motifs (C(OH)–C–C–N with tert-alkyl or cyclic N) is 1. The predicted molar refractivity (Wildman–Crippen MR) is 78.1 cm³/mol. The second-order valence-corrected chi connectivity index (χ2v) is 5.69. The third kappa shape index (κ3) is 3.77. The molecule has 0 spiro atoms. The summed E-state index contributed by atoms with van der Waals surface area (Å²) < 4.78 is 13.5. The Kier molecular flexibility index (Phi) is 5.51. The summed E-state index contributed by atoms with van der Waals surface area (Å²) in [7, 11) is 0. The standard InChI is InChI=1S/C14H18BrFN2O2/c15-12-10-11(2-3-13(12)16)14(20)18-5-1-4-17(6-7-18)8-9-19/h2-3,10,19H,1,4-9H2. The van der Waals surface area contributed by atoms with E-state index in [2.05, 4.69) is 20.8 Å². The van der Waals surface area contributed by atoms with Crippen molar-refractivity contribution in [1.82, 2.24) is 9.80 Å². The molecule has 110 valence electrons. The molecule has 2 rings (SSSR count). The van der Waals surface area contributed by atoms with Crippen molar-refractivity contribution < 1.29 is 14.3 Å². The van der Waals surface area contributed by atoms with Crippen molar-refractivity contribution in [3.05, 3.63) is 34.1 Å². The molecule has 0 unspecified atom stereocenters. The van der Waals surface area contributed by atoms with Gasteiger partial charge in [0.25, 0.3) is 5.91 Å². The molecule has 1 heterocycles. The fourth-order valence-electron chi connectivity index (χ4n) is 2.35. The molecule has 20 heavy (non-hydrogen) atoms. The Morgan fingerprint density at radius 3 is 2.80 bits per heavy atom. The van der Waals surface area contributed by atoms with Gasteiger partial charge in [0.1, 0.15) is 5.82 Å². The number of rotatable bonds is 3. The molecule has 4 nitrogen and oxygen atoms in total. The molecule has 1 aliphatic rings. The van der Waals surface area contributed by atoms with Crippen LogP contribution < -0.4 is 0 Å². The zero-order valence-electron chi connectivity index (χ0n) is 11.2. The lowest BCUT2D eigenvalue weighted by molar-refractivity contribution is 0.0760. The maximum absolute atomic E-state index is 13.2. The number of benzene rings is 1. The van der Waals surface area contributed by atoms with Gasteiger partial charge in [0.05, 0.1) is 11.1 Å². The molecule has 0 bridgehead atoms. The molecule has 1 N–H and O–H groups in total. The fraction of sp³-hybridized carbons (Fsp3) is 0.500. The van der Waals surface area contributed by atoms with Gasteiger partial charge in [0, 0.05) is 31.7 Å². The molecule has 0 aromatic heterocycles. The average molecular weight is 345 g/mol. The Morgan fingerprint density at radius 1 is 1.30 bits per heavy atom. The Bertz CT molecular complexity index is 484. The van der Waals surface area contributed by atoms with Crippen LogP contribution in [0.5, 0.6) is 0 Å². The van der Waals surface area contributed by atoms with Crippen molar-refractivity contribution in [2.24, 2.45) is 0 Å². The summed E-state index contributed by atoms with van der Waals surface area (Å²) >= 11 is 3.10. The Labute approximate surface area is 126 Å². The maximum Gasteiger partial charge on any atom is 0.253 e. The highest BCUT2D eigenvalue weighted by Crippen LogP contribution is 2.18. The van der Waals surface area contributed by atoms with Crippen molar-refractivity contribution in [3.63, 3.8) is 0 Å². The molecule has 1 fully saturated rings. The molecular weight excluding hydrogens is 327 g/mol. The molecule has 1 aliphatic heterocycles. The van der Waals surface area contributed by atoms with E-state index in [-0.39, 0.29) is 18.3 Å². The molecule has 0 aliphatic carbocycles. The van der Waals surface area contributed by atoms with Gasteiger partial charge in [-0.2, -0.15) is 0 Å². The smallest absolute Gasteiger partial charge is 0.253 e. The molecule has 1 aromatic rings. The van der Waals surface area contributed by atoms with E-state index in [0.29, 0.717) is 29.7 Å². The van der Waals surface area contributed by atoms with E-state index in [4.69, 9.17) is 5.11 Å². The fourth-order valence-corrected chi connectivity index (χ4v) is 2.73.